The fourth-order valence-electron chi connectivity index (χ4n) is 2.91. The van der Waals surface area contributed by atoms with Gasteiger partial charge in [0.2, 0.25) is 0 Å². The summed E-state index contributed by atoms with van der Waals surface area (Å²) >= 11 is 1.44. The average molecular weight is 381 g/mol. The van der Waals surface area contributed by atoms with E-state index in [-0.39, 0.29) is 17.3 Å². The van der Waals surface area contributed by atoms with Crippen molar-refractivity contribution in [3.63, 3.8) is 0 Å². The normalized spacial score (nSPS) is 11.1. The molecule has 8 heteroatoms. The molecular weight excluding hydrogens is 365 g/mol. The predicted molar refractivity (Wildman–Crippen MR) is 102 cm³/mol. The third-order valence-corrected chi connectivity index (χ3v) is 4.82. The van der Waals surface area contributed by atoms with Crippen LogP contribution in [0.1, 0.15) is 0 Å². The number of hydrogen-bond donors (Lipinski definition) is 1. The van der Waals surface area contributed by atoms with Gasteiger partial charge < -0.3 is 4.74 Å². The molecule has 2 heterocycles. The minimum atomic E-state index is -0.347. The highest BCUT2D eigenvalue weighted by atomic mass is 32.2. The lowest BCUT2D eigenvalue weighted by atomic mass is 10.3. The van der Waals surface area contributed by atoms with Crippen LogP contribution in [-0.2, 0) is 0 Å². The number of ether oxygens (including phenoxy) is 1. The maximum atomic E-state index is 13.3. The molecule has 4 rings (SSSR count). The van der Waals surface area contributed by atoms with Gasteiger partial charge in [0.05, 0.1) is 23.9 Å². The quantitative estimate of drug-likeness (QED) is 0.549. The molecule has 0 aliphatic heterocycles. The van der Waals surface area contributed by atoms with Gasteiger partial charge in [-0.3, -0.25) is 5.41 Å². The maximum absolute atomic E-state index is 13.3. The molecule has 136 valence electrons. The first-order valence-corrected chi connectivity index (χ1v) is 9.36. The fourth-order valence-corrected chi connectivity index (χ4v) is 3.46. The van der Waals surface area contributed by atoms with Crippen molar-refractivity contribution >= 4 is 22.8 Å². The third kappa shape index (κ3) is 2.87. The third-order valence-electron chi connectivity index (χ3n) is 4.14. The van der Waals surface area contributed by atoms with Crippen LogP contribution in [0.15, 0.2) is 59.6 Å². The summed E-state index contributed by atoms with van der Waals surface area (Å²) in [6.07, 6.45) is 1.91. The molecule has 0 radical (unpaired) electrons. The highest BCUT2D eigenvalue weighted by Gasteiger charge is 2.20. The lowest BCUT2D eigenvalue weighted by Crippen LogP contribution is -2.22. The largest absolute Gasteiger partial charge is 0.468 e. The molecule has 0 saturated carbocycles. The zero-order chi connectivity index (χ0) is 19.0. The highest BCUT2D eigenvalue weighted by Crippen LogP contribution is 2.27. The van der Waals surface area contributed by atoms with Gasteiger partial charge in [-0.05, 0) is 42.7 Å². The second-order valence-electron chi connectivity index (χ2n) is 5.71. The standard InChI is InChI=1S/C19H16FN5OS/c1-26-19-22-17-15(16(21)24(19)13-10-8-12(20)9-11-13)18(27-2)23-25(17)14-6-4-3-5-7-14/h3-11,21H,1-2H3. The van der Waals surface area contributed by atoms with E-state index in [0.29, 0.717) is 21.7 Å². The fraction of sp³-hybridized carbons (Fsp3) is 0.105. The van der Waals surface area contributed by atoms with Crippen LogP contribution in [0, 0.1) is 11.2 Å². The second-order valence-corrected chi connectivity index (χ2v) is 6.51. The molecule has 0 fully saturated rings. The molecule has 27 heavy (non-hydrogen) atoms. The van der Waals surface area contributed by atoms with E-state index in [2.05, 4.69) is 10.1 Å². The molecule has 2 aromatic carbocycles. The number of halogens is 1. The van der Waals surface area contributed by atoms with Crippen LogP contribution in [0.4, 0.5) is 4.39 Å². The van der Waals surface area contributed by atoms with Crippen molar-refractivity contribution in [2.45, 2.75) is 5.03 Å². The maximum Gasteiger partial charge on any atom is 0.304 e. The molecule has 0 unspecified atom stereocenters. The molecule has 0 aliphatic rings. The van der Waals surface area contributed by atoms with Gasteiger partial charge in [-0.25, -0.2) is 13.6 Å². The molecule has 6 nitrogen and oxygen atoms in total. The topological polar surface area (TPSA) is 68.7 Å². The molecule has 4 aromatic rings. The zero-order valence-corrected chi connectivity index (χ0v) is 15.5. The van der Waals surface area contributed by atoms with Gasteiger partial charge in [0, 0.05) is 0 Å². The van der Waals surface area contributed by atoms with Crippen molar-refractivity contribution in [1.29, 1.82) is 5.41 Å². The SMILES string of the molecule is COc1nc2c(c(SC)nn2-c2ccccc2)c(=N)n1-c1ccc(F)cc1. The van der Waals surface area contributed by atoms with Crippen LogP contribution in [0.2, 0.25) is 0 Å². The van der Waals surface area contributed by atoms with Crippen molar-refractivity contribution in [1.82, 2.24) is 19.3 Å². The first-order valence-electron chi connectivity index (χ1n) is 8.13. The van der Waals surface area contributed by atoms with Crippen LogP contribution in [0.3, 0.4) is 0 Å². The van der Waals surface area contributed by atoms with Crippen LogP contribution in [-0.4, -0.2) is 32.7 Å². The van der Waals surface area contributed by atoms with E-state index >= 15 is 0 Å². The second kappa shape index (κ2) is 6.88. The molecule has 2 aromatic heterocycles. The lowest BCUT2D eigenvalue weighted by molar-refractivity contribution is 0.366. The summed E-state index contributed by atoms with van der Waals surface area (Å²) in [5.41, 5.74) is 2.14. The zero-order valence-electron chi connectivity index (χ0n) is 14.7. The van der Waals surface area contributed by atoms with Crippen LogP contribution >= 0.6 is 11.8 Å². The van der Waals surface area contributed by atoms with E-state index in [1.165, 1.54) is 31.0 Å². The summed E-state index contributed by atoms with van der Waals surface area (Å²) in [5, 5.41) is 14.7. The number of thioether (sulfide) groups is 1. The number of nitrogens with zero attached hydrogens (tertiary/aromatic N) is 4. The van der Waals surface area contributed by atoms with E-state index in [9.17, 15) is 4.39 Å². The molecule has 1 N–H and O–H groups in total. The predicted octanol–water partition coefficient (Wildman–Crippen LogP) is 3.56. The van der Waals surface area contributed by atoms with E-state index in [1.54, 1.807) is 21.4 Å². The van der Waals surface area contributed by atoms with Gasteiger partial charge >= 0.3 is 6.01 Å². The Balaban J connectivity index is 2.07. The number of fused-ring (bicyclic) bond motifs is 1. The number of nitrogens with one attached hydrogen (secondary N) is 1. The van der Waals surface area contributed by atoms with Gasteiger partial charge in [-0.1, -0.05) is 18.2 Å². The number of para-hydroxylation sites is 1. The van der Waals surface area contributed by atoms with Crippen molar-refractivity contribution in [3.8, 4) is 17.4 Å². The number of aromatic nitrogens is 4. The summed E-state index contributed by atoms with van der Waals surface area (Å²) < 4.78 is 22.0. The Kier molecular flexibility index (Phi) is 4.41. The van der Waals surface area contributed by atoms with Crippen LogP contribution in [0.25, 0.3) is 22.4 Å². The van der Waals surface area contributed by atoms with Gasteiger partial charge in [0.1, 0.15) is 16.3 Å². The molecule has 0 bridgehead atoms. The number of methoxy groups -OCH3 is 1. The molecular formula is C19H16FN5OS. The van der Waals surface area contributed by atoms with Crippen molar-refractivity contribution in [2.24, 2.45) is 0 Å². The van der Waals surface area contributed by atoms with Crippen LogP contribution in [0.5, 0.6) is 6.01 Å². The first kappa shape index (κ1) is 17.3. The molecule has 0 aliphatic carbocycles. The summed E-state index contributed by atoms with van der Waals surface area (Å²) in [5.74, 6) is -0.347. The Bertz CT molecular complexity index is 1170. The number of rotatable bonds is 4. The van der Waals surface area contributed by atoms with Crippen LogP contribution < -0.4 is 10.2 Å². The van der Waals surface area contributed by atoms with Crippen molar-refractivity contribution in [2.75, 3.05) is 13.4 Å². The summed E-state index contributed by atoms with van der Waals surface area (Å²) in [6.45, 7) is 0. The van der Waals surface area contributed by atoms with E-state index < -0.39 is 0 Å². The van der Waals surface area contributed by atoms with E-state index in [4.69, 9.17) is 10.1 Å². The molecule has 0 amide bonds. The average Bonchev–Trinajstić information content (AvgIpc) is 3.08. The van der Waals surface area contributed by atoms with E-state index in [0.717, 1.165) is 5.69 Å². The Morgan fingerprint density at radius 2 is 1.74 bits per heavy atom. The van der Waals surface area contributed by atoms with Gasteiger partial charge in [-0.15, -0.1) is 11.8 Å². The van der Waals surface area contributed by atoms with Gasteiger partial charge in [-0.2, -0.15) is 10.1 Å². The Labute approximate surface area is 158 Å². The van der Waals surface area contributed by atoms with E-state index in [1.807, 2.05) is 36.6 Å². The minimum absolute atomic E-state index is 0.176. The first-order chi connectivity index (χ1) is 13.1. The number of benzene rings is 2. The number of hydrogen-bond acceptors (Lipinski definition) is 5. The minimum Gasteiger partial charge on any atom is -0.468 e. The Morgan fingerprint density at radius 1 is 1.04 bits per heavy atom. The Morgan fingerprint density at radius 3 is 2.37 bits per heavy atom. The molecule has 0 atom stereocenters. The summed E-state index contributed by atoms with van der Waals surface area (Å²) in [6, 6.07) is 15.7. The molecule has 0 saturated heterocycles. The van der Waals surface area contributed by atoms with Crippen molar-refractivity contribution < 1.29 is 9.13 Å². The van der Waals surface area contributed by atoms with Gasteiger partial charge in [0.15, 0.2) is 5.65 Å². The van der Waals surface area contributed by atoms with Crippen molar-refractivity contribution in [3.05, 3.63) is 65.9 Å². The summed E-state index contributed by atoms with van der Waals surface area (Å²) in [4.78, 5) is 4.61. The molecule has 0 spiro atoms. The Hall–Kier alpha value is -3.13. The highest BCUT2D eigenvalue weighted by molar-refractivity contribution is 7.98. The monoisotopic (exact) mass is 381 g/mol. The summed E-state index contributed by atoms with van der Waals surface area (Å²) in [7, 11) is 1.49. The van der Waals surface area contributed by atoms with Gasteiger partial charge in [0.25, 0.3) is 0 Å². The lowest BCUT2D eigenvalue weighted by Gasteiger charge is -2.13. The smallest absolute Gasteiger partial charge is 0.304 e.